The first-order valence-electron chi connectivity index (χ1n) is 7.55. The van der Waals surface area contributed by atoms with Crippen LogP contribution in [0.5, 0.6) is 0 Å². The monoisotopic (exact) mass is 323 g/mol. The average Bonchev–Trinajstić information content (AvgIpc) is 2.42. The summed E-state index contributed by atoms with van der Waals surface area (Å²) in [5.41, 5.74) is 0. The fraction of sp³-hybridized carbons (Fsp3) is 1.00. The van der Waals surface area contributed by atoms with Gasteiger partial charge in [-0.15, -0.1) is 0 Å². The van der Waals surface area contributed by atoms with E-state index in [1.165, 1.54) is 0 Å². The molecule has 2 atom stereocenters. The van der Waals surface area contributed by atoms with Crippen LogP contribution in [0.1, 0.15) is 33.6 Å². The normalized spacial score (nSPS) is 22.9. The van der Waals surface area contributed by atoms with Gasteiger partial charge in [0.25, 0.3) is 10.2 Å². The molecule has 0 aromatic rings. The third-order valence-electron chi connectivity index (χ3n) is 3.43. The van der Waals surface area contributed by atoms with Crippen molar-refractivity contribution in [1.29, 1.82) is 0 Å². The number of thioether (sulfide) groups is 1. The molecule has 1 heterocycles. The van der Waals surface area contributed by atoms with Crippen molar-refractivity contribution in [1.82, 2.24) is 14.3 Å². The predicted octanol–water partition coefficient (Wildman–Crippen LogP) is 1.28. The highest BCUT2D eigenvalue weighted by Crippen LogP contribution is 2.18. The molecule has 0 bridgehead atoms. The van der Waals surface area contributed by atoms with Crippen molar-refractivity contribution in [3.8, 4) is 0 Å². The Kier molecular flexibility index (Phi) is 8.43. The summed E-state index contributed by atoms with van der Waals surface area (Å²) >= 11 is 1.76. The molecule has 1 saturated heterocycles. The van der Waals surface area contributed by atoms with Gasteiger partial charge in [-0.3, -0.25) is 0 Å². The predicted molar refractivity (Wildman–Crippen MR) is 87.4 cm³/mol. The summed E-state index contributed by atoms with van der Waals surface area (Å²) in [6, 6.07) is -0.0147. The van der Waals surface area contributed by atoms with Crippen LogP contribution in [0.25, 0.3) is 0 Å². The quantitative estimate of drug-likeness (QED) is 0.671. The van der Waals surface area contributed by atoms with Crippen molar-refractivity contribution in [2.24, 2.45) is 5.92 Å². The van der Waals surface area contributed by atoms with Crippen LogP contribution in [-0.4, -0.2) is 56.4 Å². The fourth-order valence-electron chi connectivity index (χ4n) is 2.42. The molecule has 1 fully saturated rings. The first-order chi connectivity index (χ1) is 9.49. The lowest BCUT2D eigenvalue weighted by atomic mass is 10.00. The molecule has 1 aliphatic heterocycles. The van der Waals surface area contributed by atoms with Crippen molar-refractivity contribution in [2.75, 3.05) is 37.7 Å². The van der Waals surface area contributed by atoms with Crippen molar-refractivity contribution in [3.05, 3.63) is 0 Å². The van der Waals surface area contributed by atoms with E-state index in [0.29, 0.717) is 19.0 Å². The Bertz CT molecular complexity index is 363. The molecule has 1 aliphatic rings. The van der Waals surface area contributed by atoms with Gasteiger partial charge in [-0.25, -0.2) is 0 Å². The first kappa shape index (κ1) is 18.2. The van der Waals surface area contributed by atoms with Crippen LogP contribution in [0, 0.1) is 5.92 Å². The van der Waals surface area contributed by atoms with Crippen LogP contribution in [-0.2, 0) is 10.2 Å². The summed E-state index contributed by atoms with van der Waals surface area (Å²) in [4.78, 5) is 0. The van der Waals surface area contributed by atoms with Gasteiger partial charge in [-0.1, -0.05) is 13.8 Å². The Morgan fingerprint density at radius 3 is 2.80 bits per heavy atom. The highest BCUT2D eigenvalue weighted by molar-refractivity contribution is 7.99. The van der Waals surface area contributed by atoms with Gasteiger partial charge in [-0.05, 0) is 44.5 Å². The highest BCUT2D eigenvalue weighted by Gasteiger charge is 2.29. The minimum atomic E-state index is -3.33. The largest absolute Gasteiger partial charge is 0.317 e. The summed E-state index contributed by atoms with van der Waals surface area (Å²) < 4.78 is 29.1. The van der Waals surface area contributed by atoms with E-state index in [2.05, 4.69) is 23.9 Å². The lowest BCUT2D eigenvalue weighted by Gasteiger charge is -2.32. The smallest absolute Gasteiger partial charge is 0.279 e. The van der Waals surface area contributed by atoms with Crippen molar-refractivity contribution < 1.29 is 8.42 Å². The maximum Gasteiger partial charge on any atom is 0.279 e. The lowest BCUT2D eigenvalue weighted by Crippen LogP contribution is -2.50. The van der Waals surface area contributed by atoms with Crippen LogP contribution in [0.15, 0.2) is 0 Å². The van der Waals surface area contributed by atoms with E-state index in [1.54, 1.807) is 16.1 Å². The fourth-order valence-corrected chi connectivity index (χ4v) is 4.71. The average molecular weight is 324 g/mol. The molecule has 1 rings (SSSR count). The number of hydrogen-bond donors (Lipinski definition) is 2. The van der Waals surface area contributed by atoms with E-state index < -0.39 is 10.2 Å². The molecule has 2 N–H and O–H groups in total. The molecule has 2 unspecified atom stereocenters. The summed E-state index contributed by atoms with van der Waals surface area (Å²) in [5, 5.41) is 3.31. The molecule has 7 heteroatoms. The van der Waals surface area contributed by atoms with Gasteiger partial charge >= 0.3 is 0 Å². The van der Waals surface area contributed by atoms with Gasteiger partial charge in [0.15, 0.2) is 0 Å². The van der Waals surface area contributed by atoms with Crippen LogP contribution >= 0.6 is 11.8 Å². The zero-order chi connectivity index (χ0) is 15.0. The molecule has 0 spiro atoms. The summed E-state index contributed by atoms with van der Waals surface area (Å²) in [5.74, 6) is 2.27. The van der Waals surface area contributed by atoms with Gasteiger partial charge in [-0.2, -0.15) is 29.2 Å². The standard InChI is InChI=1S/C13H29N3O2S2/c1-4-14-9-13-7-6-8-16(10-13)20(17,18)15-12(3)11-19-5-2/h12-15H,4-11H2,1-3H3. The van der Waals surface area contributed by atoms with Crippen molar-refractivity contribution >= 4 is 22.0 Å². The zero-order valence-electron chi connectivity index (χ0n) is 12.9. The lowest BCUT2D eigenvalue weighted by molar-refractivity contribution is 0.258. The molecule has 120 valence electrons. The molecular weight excluding hydrogens is 294 g/mol. The molecule has 0 aliphatic carbocycles. The van der Waals surface area contributed by atoms with Gasteiger partial charge in [0, 0.05) is 24.9 Å². The molecule has 20 heavy (non-hydrogen) atoms. The minimum Gasteiger partial charge on any atom is -0.317 e. The van der Waals surface area contributed by atoms with Crippen molar-refractivity contribution in [2.45, 2.75) is 39.7 Å². The molecule has 0 saturated carbocycles. The Morgan fingerprint density at radius 1 is 1.40 bits per heavy atom. The summed E-state index contributed by atoms with van der Waals surface area (Å²) in [6.45, 7) is 9.21. The first-order valence-corrected chi connectivity index (χ1v) is 10.1. The van der Waals surface area contributed by atoms with E-state index in [-0.39, 0.29) is 6.04 Å². The van der Waals surface area contributed by atoms with Gasteiger partial charge in [0.1, 0.15) is 0 Å². The maximum atomic E-state index is 12.4. The number of nitrogens with one attached hydrogen (secondary N) is 2. The van der Waals surface area contributed by atoms with Gasteiger partial charge in [0.2, 0.25) is 0 Å². The Morgan fingerprint density at radius 2 is 2.15 bits per heavy atom. The van der Waals surface area contributed by atoms with Crippen LogP contribution in [0.3, 0.4) is 0 Å². The molecule has 0 radical (unpaired) electrons. The van der Waals surface area contributed by atoms with E-state index >= 15 is 0 Å². The second kappa shape index (κ2) is 9.25. The molecular formula is C13H29N3O2S2. The third kappa shape index (κ3) is 6.30. The number of hydrogen-bond acceptors (Lipinski definition) is 4. The summed E-state index contributed by atoms with van der Waals surface area (Å²) in [6.07, 6.45) is 2.06. The van der Waals surface area contributed by atoms with E-state index in [0.717, 1.165) is 37.4 Å². The number of nitrogens with zero attached hydrogens (tertiary/aromatic N) is 1. The van der Waals surface area contributed by atoms with Gasteiger partial charge < -0.3 is 5.32 Å². The Labute approximate surface area is 128 Å². The Hall–Kier alpha value is 0.180. The minimum absolute atomic E-state index is 0.0147. The second-order valence-electron chi connectivity index (χ2n) is 5.36. The number of piperidine rings is 1. The highest BCUT2D eigenvalue weighted by atomic mass is 32.2. The molecule has 0 aromatic heterocycles. The molecule has 0 amide bonds. The van der Waals surface area contributed by atoms with Crippen LogP contribution in [0.2, 0.25) is 0 Å². The third-order valence-corrected chi connectivity index (χ3v) is 6.28. The maximum absolute atomic E-state index is 12.4. The molecule has 5 nitrogen and oxygen atoms in total. The topological polar surface area (TPSA) is 61.4 Å². The second-order valence-corrected chi connectivity index (χ2v) is 8.38. The SMILES string of the molecule is CCNCC1CCCN(S(=O)(=O)NC(C)CSCC)C1. The van der Waals surface area contributed by atoms with Gasteiger partial charge in [0.05, 0.1) is 0 Å². The van der Waals surface area contributed by atoms with Crippen LogP contribution in [0.4, 0.5) is 0 Å². The Balaban J connectivity index is 2.49. The zero-order valence-corrected chi connectivity index (χ0v) is 14.5. The van der Waals surface area contributed by atoms with Crippen LogP contribution < -0.4 is 10.0 Å². The van der Waals surface area contributed by atoms with E-state index in [9.17, 15) is 8.42 Å². The summed E-state index contributed by atoms with van der Waals surface area (Å²) in [7, 11) is -3.33. The number of rotatable bonds is 9. The molecule has 0 aromatic carbocycles. The van der Waals surface area contributed by atoms with E-state index in [1.807, 2.05) is 6.92 Å². The van der Waals surface area contributed by atoms with E-state index in [4.69, 9.17) is 0 Å². The van der Waals surface area contributed by atoms with Crippen molar-refractivity contribution in [3.63, 3.8) is 0 Å².